The zero-order valence-corrected chi connectivity index (χ0v) is 20.3. The van der Waals surface area contributed by atoms with Crippen LogP contribution in [0.4, 0.5) is 0 Å². The minimum atomic E-state index is -0.535. The molecule has 1 amide bonds. The number of nitrogens with zero attached hydrogens (tertiary/aromatic N) is 2. The Morgan fingerprint density at radius 1 is 1.12 bits per heavy atom. The second-order valence-electron chi connectivity index (χ2n) is 10.1. The zero-order chi connectivity index (χ0) is 23.6. The van der Waals surface area contributed by atoms with Gasteiger partial charge in [0.1, 0.15) is 11.4 Å². The Kier molecular flexibility index (Phi) is 4.96. The topological polar surface area (TPSA) is 59.5 Å². The van der Waals surface area contributed by atoms with Crippen LogP contribution in [0.15, 0.2) is 30.3 Å². The summed E-state index contributed by atoms with van der Waals surface area (Å²) in [4.78, 5) is 33.6. The van der Waals surface area contributed by atoms with Crippen LogP contribution in [0.5, 0.6) is 5.75 Å². The van der Waals surface area contributed by atoms with Crippen molar-refractivity contribution in [3.05, 3.63) is 68.9 Å². The maximum absolute atomic E-state index is 13.9. The number of carbonyl (C=O) groups excluding carboxylic acids is 2. The summed E-state index contributed by atoms with van der Waals surface area (Å²) in [5.74, 6) is 0.879. The van der Waals surface area contributed by atoms with E-state index in [2.05, 4.69) is 0 Å². The predicted molar refractivity (Wildman–Crippen MR) is 132 cm³/mol. The number of carbonyl (C=O) groups is 2. The van der Waals surface area contributed by atoms with Gasteiger partial charge in [0.2, 0.25) is 0 Å². The van der Waals surface area contributed by atoms with Crippen LogP contribution in [0.25, 0.3) is 10.9 Å². The van der Waals surface area contributed by atoms with Gasteiger partial charge in [0.15, 0.2) is 5.78 Å². The van der Waals surface area contributed by atoms with Crippen LogP contribution in [0.2, 0.25) is 5.02 Å². The summed E-state index contributed by atoms with van der Waals surface area (Å²) >= 11 is 6.31. The number of hydrogen-bond acceptors (Lipinski definition) is 4. The maximum atomic E-state index is 13.9. The van der Waals surface area contributed by atoms with Crippen LogP contribution in [0.1, 0.15) is 68.8 Å². The second kappa shape index (κ2) is 7.81. The molecule has 34 heavy (non-hydrogen) atoms. The number of likely N-dealkylation sites (tertiary alicyclic amines) is 1. The van der Waals surface area contributed by atoms with Gasteiger partial charge in [-0.15, -0.1) is 0 Å². The van der Waals surface area contributed by atoms with Crippen molar-refractivity contribution in [2.45, 2.75) is 58.0 Å². The molecule has 3 aromatic rings. The first-order valence-corrected chi connectivity index (χ1v) is 12.5. The van der Waals surface area contributed by atoms with Crippen molar-refractivity contribution in [2.24, 2.45) is 0 Å². The molecule has 0 radical (unpaired) electrons. The highest BCUT2D eigenvalue weighted by Gasteiger charge is 2.44. The lowest BCUT2D eigenvalue weighted by Crippen LogP contribution is -2.52. The molecule has 2 aliphatic heterocycles. The van der Waals surface area contributed by atoms with Crippen molar-refractivity contribution < 1.29 is 14.3 Å². The molecule has 2 aromatic carbocycles. The number of ketones is 1. The van der Waals surface area contributed by atoms with Crippen LogP contribution in [0.3, 0.4) is 0 Å². The monoisotopic (exact) mass is 474 g/mol. The standard InChI is InChI=1S/C28H27ClN2O3/c1-16-12-17(2)25-23(32)15-28(34-24(25)13-16)8-10-31(11-9-28)27(33)26-19-4-3-5-21(19)30-22-7-6-18(29)14-20(22)26/h6-7,12-14H,3-5,8-11,15H2,1-2H3. The normalized spacial score (nSPS) is 18.7. The number of pyridine rings is 1. The fourth-order valence-corrected chi connectivity index (χ4v) is 6.22. The van der Waals surface area contributed by atoms with Gasteiger partial charge in [-0.2, -0.15) is 0 Å². The van der Waals surface area contributed by atoms with Crippen molar-refractivity contribution in [3.63, 3.8) is 0 Å². The molecular formula is C28H27ClN2O3. The minimum absolute atomic E-state index is 0.0388. The highest BCUT2D eigenvalue weighted by molar-refractivity contribution is 6.31. The van der Waals surface area contributed by atoms with Gasteiger partial charge in [0.25, 0.3) is 5.91 Å². The van der Waals surface area contributed by atoms with Crippen LogP contribution in [0, 0.1) is 13.8 Å². The van der Waals surface area contributed by atoms with Crippen LogP contribution >= 0.6 is 11.6 Å². The lowest BCUT2D eigenvalue weighted by Gasteiger charge is -2.44. The molecule has 0 atom stereocenters. The van der Waals surface area contributed by atoms with Crippen LogP contribution in [-0.4, -0.2) is 40.3 Å². The molecule has 1 aliphatic carbocycles. The summed E-state index contributed by atoms with van der Waals surface area (Å²) in [6.45, 7) is 5.11. The van der Waals surface area contributed by atoms with E-state index >= 15 is 0 Å². The molecule has 5 nitrogen and oxygen atoms in total. The van der Waals surface area contributed by atoms with E-state index in [0.717, 1.165) is 58.1 Å². The summed E-state index contributed by atoms with van der Waals surface area (Å²) in [5.41, 5.74) is 5.93. The quantitative estimate of drug-likeness (QED) is 0.458. The van der Waals surface area contributed by atoms with E-state index < -0.39 is 5.60 Å². The van der Waals surface area contributed by atoms with Crippen molar-refractivity contribution in [1.82, 2.24) is 9.88 Å². The Morgan fingerprint density at radius 3 is 2.71 bits per heavy atom. The maximum Gasteiger partial charge on any atom is 0.254 e. The molecule has 3 aliphatic rings. The highest BCUT2D eigenvalue weighted by atomic mass is 35.5. The van der Waals surface area contributed by atoms with Gasteiger partial charge in [-0.05, 0) is 74.1 Å². The van der Waals surface area contributed by atoms with Gasteiger partial charge < -0.3 is 9.64 Å². The Bertz CT molecular complexity index is 1370. The molecule has 0 N–H and O–H groups in total. The fraction of sp³-hybridized carbons (Fsp3) is 0.393. The molecule has 1 aromatic heterocycles. The molecule has 0 unspecified atom stereocenters. The molecule has 1 fully saturated rings. The number of halogens is 1. The van der Waals surface area contributed by atoms with E-state index in [0.29, 0.717) is 48.7 Å². The third-order valence-corrected chi connectivity index (χ3v) is 7.92. The molecule has 174 valence electrons. The number of hydrogen-bond donors (Lipinski definition) is 0. The number of rotatable bonds is 1. The molecular weight excluding hydrogens is 448 g/mol. The average Bonchev–Trinajstić information content (AvgIpc) is 3.25. The fourth-order valence-electron chi connectivity index (χ4n) is 6.05. The lowest BCUT2D eigenvalue weighted by molar-refractivity contribution is -0.00578. The van der Waals surface area contributed by atoms with E-state index in [-0.39, 0.29) is 11.7 Å². The summed E-state index contributed by atoms with van der Waals surface area (Å²) in [5, 5.41) is 1.44. The van der Waals surface area contributed by atoms with Crippen molar-refractivity contribution in [2.75, 3.05) is 13.1 Å². The Labute approximate surface area is 204 Å². The second-order valence-corrected chi connectivity index (χ2v) is 10.5. The minimum Gasteiger partial charge on any atom is -0.486 e. The van der Waals surface area contributed by atoms with Crippen molar-refractivity contribution in [3.8, 4) is 5.75 Å². The third kappa shape index (κ3) is 3.40. The first-order chi connectivity index (χ1) is 16.3. The molecule has 6 rings (SSSR count). The van der Waals surface area contributed by atoms with Gasteiger partial charge in [-0.1, -0.05) is 17.7 Å². The number of aromatic nitrogens is 1. The van der Waals surface area contributed by atoms with E-state index in [4.69, 9.17) is 21.3 Å². The lowest BCUT2D eigenvalue weighted by atomic mass is 9.81. The summed E-state index contributed by atoms with van der Waals surface area (Å²) in [6.07, 6.45) is 4.45. The summed E-state index contributed by atoms with van der Waals surface area (Å²) < 4.78 is 6.50. The third-order valence-electron chi connectivity index (χ3n) is 7.68. The first-order valence-electron chi connectivity index (χ1n) is 12.1. The Morgan fingerprint density at radius 2 is 1.91 bits per heavy atom. The van der Waals surface area contributed by atoms with Gasteiger partial charge in [-0.3, -0.25) is 14.6 Å². The van der Waals surface area contributed by atoms with Gasteiger partial charge in [-0.25, -0.2) is 0 Å². The summed E-state index contributed by atoms with van der Waals surface area (Å²) in [7, 11) is 0. The van der Waals surface area contributed by atoms with Crippen molar-refractivity contribution in [1.29, 1.82) is 0 Å². The molecule has 3 heterocycles. The first kappa shape index (κ1) is 21.6. The van der Waals surface area contributed by atoms with Crippen molar-refractivity contribution >= 4 is 34.2 Å². The van der Waals surface area contributed by atoms with Gasteiger partial charge in [0, 0.05) is 42.0 Å². The molecule has 0 saturated carbocycles. The largest absolute Gasteiger partial charge is 0.486 e. The number of piperidine rings is 1. The van der Waals surface area contributed by atoms with Crippen LogP contribution < -0.4 is 4.74 Å². The number of ether oxygens (including phenoxy) is 1. The molecule has 0 bridgehead atoms. The predicted octanol–water partition coefficient (Wildman–Crippen LogP) is 5.63. The van der Waals surface area contributed by atoms with Gasteiger partial charge in [0.05, 0.1) is 23.1 Å². The average molecular weight is 475 g/mol. The summed E-state index contributed by atoms with van der Waals surface area (Å²) in [6, 6.07) is 9.60. The SMILES string of the molecule is Cc1cc(C)c2c(c1)OC1(CCN(C(=O)c3c4c(nc5ccc(Cl)cc35)CCC4)CC1)CC2=O. The van der Waals surface area contributed by atoms with E-state index in [1.54, 1.807) is 0 Å². The molecule has 6 heteroatoms. The van der Waals surface area contributed by atoms with E-state index in [1.807, 2.05) is 49.1 Å². The number of fused-ring (bicyclic) bond motifs is 3. The molecule has 1 spiro atoms. The number of benzene rings is 2. The highest BCUT2D eigenvalue weighted by Crippen LogP contribution is 2.42. The Hall–Kier alpha value is -2.92. The molecule has 1 saturated heterocycles. The number of aryl methyl sites for hydroxylation is 3. The zero-order valence-electron chi connectivity index (χ0n) is 19.5. The van der Waals surface area contributed by atoms with Gasteiger partial charge >= 0.3 is 0 Å². The number of amides is 1. The van der Waals surface area contributed by atoms with E-state index in [1.165, 1.54) is 0 Å². The van der Waals surface area contributed by atoms with Crippen LogP contribution in [-0.2, 0) is 12.8 Å². The smallest absolute Gasteiger partial charge is 0.254 e. The number of Topliss-reactive ketones (excluding diaryl/α,β-unsaturated/α-hetero) is 1. The Balaban J connectivity index is 1.30. The van der Waals surface area contributed by atoms with E-state index in [9.17, 15) is 9.59 Å².